The van der Waals surface area contributed by atoms with Crippen molar-refractivity contribution in [3.8, 4) is 0 Å². The Morgan fingerprint density at radius 2 is 2.08 bits per heavy atom. The van der Waals surface area contributed by atoms with Gasteiger partial charge in [0.1, 0.15) is 0 Å². The summed E-state index contributed by atoms with van der Waals surface area (Å²) in [5.41, 5.74) is 2.19. The molecule has 0 saturated carbocycles. The van der Waals surface area contributed by atoms with Crippen molar-refractivity contribution in [2.24, 2.45) is 5.92 Å². The fourth-order valence-corrected chi connectivity index (χ4v) is 3.91. The fraction of sp³-hybridized carbons (Fsp3) is 0.778. The van der Waals surface area contributed by atoms with Crippen LogP contribution in [0.25, 0.3) is 0 Å². The second-order valence-electron chi connectivity index (χ2n) is 7.48. The number of H-pyrrole nitrogens is 1. The minimum absolute atomic E-state index is 0.0135. The van der Waals surface area contributed by atoms with Crippen molar-refractivity contribution in [2.75, 3.05) is 53.5 Å². The lowest BCUT2D eigenvalue weighted by atomic mass is 10.0. The van der Waals surface area contributed by atoms with Crippen LogP contribution in [-0.4, -0.2) is 90.1 Å². The molecule has 2 aliphatic rings. The number of amides is 1. The number of hydrogen-bond donors (Lipinski definition) is 1. The first-order valence-electron chi connectivity index (χ1n) is 9.28. The van der Waals surface area contributed by atoms with Crippen molar-refractivity contribution in [1.29, 1.82) is 0 Å². The summed E-state index contributed by atoms with van der Waals surface area (Å²) in [7, 11) is 3.71. The Morgan fingerprint density at radius 1 is 1.32 bits per heavy atom. The Kier molecular flexibility index (Phi) is 6.09. The second-order valence-corrected chi connectivity index (χ2v) is 7.48. The number of aromatic nitrogens is 2. The van der Waals surface area contributed by atoms with Crippen molar-refractivity contribution < 1.29 is 9.53 Å². The lowest BCUT2D eigenvalue weighted by Crippen LogP contribution is -2.45. The van der Waals surface area contributed by atoms with E-state index in [-0.39, 0.29) is 11.8 Å². The van der Waals surface area contributed by atoms with Gasteiger partial charge in [0, 0.05) is 71.8 Å². The molecule has 0 radical (unpaired) electrons. The topological polar surface area (TPSA) is 64.7 Å². The van der Waals surface area contributed by atoms with Crippen LogP contribution in [-0.2, 0) is 16.1 Å². The maximum absolute atomic E-state index is 12.7. The summed E-state index contributed by atoms with van der Waals surface area (Å²) in [5, 5.41) is 0. The van der Waals surface area contributed by atoms with Gasteiger partial charge in [0.2, 0.25) is 5.91 Å². The quantitative estimate of drug-likeness (QED) is 0.868. The molecular formula is C18H31N5O2. The molecule has 0 spiro atoms. The SMILES string of the molecule is Cc1[nH]cnc1CN1CCN(C2CCOCC2)C[C@H](C(=O)N(C)C)C1. The average molecular weight is 349 g/mol. The van der Waals surface area contributed by atoms with Crippen molar-refractivity contribution >= 4 is 5.91 Å². The van der Waals surface area contributed by atoms with Gasteiger partial charge in [-0.2, -0.15) is 0 Å². The highest BCUT2D eigenvalue weighted by Crippen LogP contribution is 2.21. The molecule has 1 aromatic rings. The molecule has 2 fully saturated rings. The molecule has 7 nitrogen and oxygen atoms in total. The number of ether oxygens (including phenoxy) is 1. The molecule has 25 heavy (non-hydrogen) atoms. The highest BCUT2D eigenvalue weighted by Gasteiger charge is 2.32. The third-order valence-electron chi connectivity index (χ3n) is 5.44. The third kappa shape index (κ3) is 4.59. The highest BCUT2D eigenvalue weighted by molar-refractivity contribution is 5.78. The number of hydrogen-bond acceptors (Lipinski definition) is 5. The molecule has 1 amide bonds. The summed E-state index contributed by atoms with van der Waals surface area (Å²) < 4.78 is 5.51. The number of aryl methyl sites for hydroxylation is 1. The van der Waals surface area contributed by atoms with Gasteiger partial charge in [-0.25, -0.2) is 4.98 Å². The lowest BCUT2D eigenvalue weighted by Gasteiger charge is -2.34. The van der Waals surface area contributed by atoms with Gasteiger partial charge in [0.25, 0.3) is 0 Å². The van der Waals surface area contributed by atoms with Crippen LogP contribution in [0, 0.1) is 12.8 Å². The van der Waals surface area contributed by atoms with Crippen molar-refractivity contribution in [2.45, 2.75) is 32.4 Å². The molecule has 1 atom stereocenters. The van der Waals surface area contributed by atoms with Gasteiger partial charge in [-0.15, -0.1) is 0 Å². The molecule has 0 aliphatic carbocycles. The van der Waals surface area contributed by atoms with E-state index in [0.29, 0.717) is 6.04 Å². The Bertz CT molecular complexity index is 568. The third-order valence-corrected chi connectivity index (χ3v) is 5.44. The molecule has 3 rings (SSSR count). The van der Waals surface area contributed by atoms with Crippen molar-refractivity contribution in [3.63, 3.8) is 0 Å². The molecular weight excluding hydrogens is 318 g/mol. The second kappa shape index (κ2) is 8.29. The molecule has 0 bridgehead atoms. The minimum Gasteiger partial charge on any atom is -0.381 e. The zero-order valence-corrected chi connectivity index (χ0v) is 15.7. The van der Waals surface area contributed by atoms with Gasteiger partial charge in [-0.3, -0.25) is 14.6 Å². The molecule has 2 saturated heterocycles. The van der Waals surface area contributed by atoms with Gasteiger partial charge < -0.3 is 14.6 Å². The van der Waals surface area contributed by atoms with Crippen LogP contribution in [0.5, 0.6) is 0 Å². The highest BCUT2D eigenvalue weighted by atomic mass is 16.5. The summed E-state index contributed by atoms with van der Waals surface area (Å²) in [6.45, 7) is 8.14. The summed E-state index contributed by atoms with van der Waals surface area (Å²) in [6.07, 6.45) is 3.89. The average Bonchev–Trinajstić information content (AvgIpc) is 2.90. The van der Waals surface area contributed by atoms with Crippen molar-refractivity contribution in [1.82, 2.24) is 24.7 Å². The first-order chi connectivity index (χ1) is 12.0. The standard InChI is InChI=1S/C18H31N5O2/c1-14-17(20-13-19-14)12-22-6-7-23(16-4-8-25-9-5-16)11-15(10-22)18(24)21(2)3/h13,15-16H,4-12H2,1-3H3,(H,19,20)/t15-/m1/s1. The largest absolute Gasteiger partial charge is 0.381 e. The van der Waals surface area contributed by atoms with Gasteiger partial charge in [0.05, 0.1) is 17.9 Å². The minimum atomic E-state index is 0.0135. The van der Waals surface area contributed by atoms with E-state index in [0.717, 1.165) is 70.2 Å². The number of carbonyl (C=O) groups is 1. The van der Waals surface area contributed by atoms with Crippen LogP contribution in [0.1, 0.15) is 24.2 Å². The van der Waals surface area contributed by atoms with Gasteiger partial charge in [-0.1, -0.05) is 0 Å². The summed E-state index contributed by atoms with van der Waals surface area (Å²) in [5.74, 6) is 0.238. The predicted octanol–water partition coefficient (Wildman–Crippen LogP) is 0.719. The first kappa shape index (κ1) is 18.4. The number of nitrogens with zero attached hydrogens (tertiary/aromatic N) is 4. The van der Waals surface area contributed by atoms with E-state index in [2.05, 4.69) is 26.7 Å². The summed E-state index contributed by atoms with van der Waals surface area (Å²) in [6, 6.07) is 0.540. The van der Waals surface area contributed by atoms with E-state index in [9.17, 15) is 4.79 Å². The Balaban J connectivity index is 1.72. The molecule has 140 valence electrons. The Morgan fingerprint density at radius 3 is 2.72 bits per heavy atom. The van der Waals surface area contributed by atoms with E-state index in [1.165, 1.54) is 0 Å². The smallest absolute Gasteiger partial charge is 0.227 e. The number of imidazole rings is 1. The lowest BCUT2D eigenvalue weighted by molar-refractivity contribution is -0.134. The van der Waals surface area contributed by atoms with Crippen LogP contribution in [0.15, 0.2) is 6.33 Å². The molecule has 2 aliphatic heterocycles. The monoisotopic (exact) mass is 349 g/mol. The summed E-state index contributed by atoms with van der Waals surface area (Å²) in [4.78, 5) is 26.9. The van der Waals surface area contributed by atoms with Crippen LogP contribution < -0.4 is 0 Å². The van der Waals surface area contributed by atoms with E-state index in [1.807, 2.05) is 14.1 Å². The molecule has 1 N–H and O–H groups in total. The van der Waals surface area contributed by atoms with Gasteiger partial charge in [-0.05, 0) is 19.8 Å². The summed E-state index contributed by atoms with van der Waals surface area (Å²) >= 11 is 0. The zero-order valence-electron chi connectivity index (χ0n) is 15.7. The molecule has 3 heterocycles. The molecule has 0 unspecified atom stereocenters. The van der Waals surface area contributed by atoms with E-state index < -0.39 is 0 Å². The maximum Gasteiger partial charge on any atom is 0.227 e. The maximum atomic E-state index is 12.7. The zero-order chi connectivity index (χ0) is 17.8. The van der Waals surface area contributed by atoms with Gasteiger partial charge >= 0.3 is 0 Å². The van der Waals surface area contributed by atoms with Crippen LogP contribution >= 0.6 is 0 Å². The number of aromatic amines is 1. The first-order valence-corrected chi connectivity index (χ1v) is 9.28. The van der Waals surface area contributed by atoms with Gasteiger partial charge in [0.15, 0.2) is 0 Å². The normalized spacial score (nSPS) is 24.2. The molecule has 7 heteroatoms. The van der Waals surface area contributed by atoms with Crippen LogP contribution in [0.4, 0.5) is 0 Å². The molecule has 0 aromatic carbocycles. The number of nitrogens with one attached hydrogen (secondary N) is 1. The fourth-order valence-electron chi connectivity index (χ4n) is 3.91. The van der Waals surface area contributed by atoms with Crippen molar-refractivity contribution in [3.05, 3.63) is 17.7 Å². The Hall–Kier alpha value is -1.44. The van der Waals surface area contributed by atoms with Crippen LogP contribution in [0.2, 0.25) is 0 Å². The van der Waals surface area contributed by atoms with E-state index in [4.69, 9.17) is 4.74 Å². The van der Waals surface area contributed by atoms with E-state index >= 15 is 0 Å². The predicted molar refractivity (Wildman–Crippen MR) is 96.2 cm³/mol. The number of rotatable bonds is 4. The Labute approximate surface area is 150 Å². The van der Waals surface area contributed by atoms with Crippen LogP contribution in [0.3, 0.4) is 0 Å². The molecule has 1 aromatic heterocycles. The van der Waals surface area contributed by atoms with E-state index in [1.54, 1.807) is 11.2 Å². The number of carbonyl (C=O) groups excluding carboxylic acids is 1.